The van der Waals surface area contributed by atoms with Crippen molar-refractivity contribution in [2.75, 3.05) is 28.4 Å². The minimum atomic E-state index is -1.49. The van der Waals surface area contributed by atoms with Crippen molar-refractivity contribution < 1.29 is 63.2 Å². The second-order valence-electron chi connectivity index (χ2n) is 7.88. The number of nitrogens with zero attached hydrogens (tertiary/aromatic N) is 2. The first-order valence-electron chi connectivity index (χ1n) is 11.0. The number of carboxylic acid groups (broad SMARTS) is 1. The van der Waals surface area contributed by atoms with Gasteiger partial charge in [-0.25, -0.2) is 0 Å². The number of hydrogen-bond donors (Lipinski definition) is 0. The summed E-state index contributed by atoms with van der Waals surface area (Å²) in [5.41, 5.74) is 2.06. The van der Waals surface area contributed by atoms with Crippen molar-refractivity contribution in [1.82, 2.24) is 8.75 Å². The molecule has 0 amide bonds. The summed E-state index contributed by atoms with van der Waals surface area (Å²) in [5.74, 6) is -0.564. The molecule has 1 heterocycles. The molecule has 0 radical (unpaired) electrons. The van der Waals surface area contributed by atoms with Crippen LogP contribution in [0.5, 0.6) is 23.0 Å². The third-order valence-corrected chi connectivity index (χ3v) is 6.35. The Morgan fingerprint density at radius 2 is 1.42 bits per heavy atom. The fourth-order valence-electron chi connectivity index (χ4n) is 3.97. The largest absolute Gasteiger partial charge is 1.00 e. The SMILES string of the molecule is COc1ccc(CC(C(=O)c2cc(OC)c(OC)c(OC)c2)=C(C(=O)[O-])c2ccc3nsnc3c2)cc1.[Na+]. The van der Waals surface area contributed by atoms with Crippen molar-refractivity contribution >= 4 is 40.1 Å². The Labute approximate surface area is 245 Å². The number of rotatable bonds is 10. The van der Waals surface area contributed by atoms with E-state index in [1.807, 2.05) is 0 Å². The Morgan fingerprint density at radius 1 is 0.789 bits per heavy atom. The van der Waals surface area contributed by atoms with Crippen molar-refractivity contribution in [3.05, 3.63) is 76.9 Å². The predicted octanol–water partition coefficient (Wildman–Crippen LogP) is 0.359. The molecule has 0 atom stereocenters. The molecule has 11 heteroatoms. The van der Waals surface area contributed by atoms with Gasteiger partial charge in [0.1, 0.15) is 16.8 Å². The van der Waals surface area contributed by atoms with Crippen LogP contribution < -0.4 is 53.6 Å². The number of carbonyl (C=O) groups excluding carboxylic acids is 2. The summed E-state index contributed by atoms with van der Waals surface area (Å²) in [6.07, 6.45) is 0.0101. The van der Waals surface area contributed by atoms with Gasteiger partial charge in [0.15, 0.2) is 17.3 Å². The molecule has 1 aromatic heterocycles. The van der Waals surface area contributed by atoms with Gasteiger partial charge in [-0.3, -0.25) is 4.79 Å². The number of fused-ring (bicyclic) bond motifs is 1. The predicted molar refractivity (Wildman–Crippen MR) is 136 cm³/mol. The molecule has 0 spiro atoms. The van der Waals surface area contributed by atoms with E-state index in [2.05, 4.69) is 8.75 Å². The van der Waals surface area contributed by atoms with Crippen LogP contribution in [0.4, 0.5) is 0 Å². The number of Topliss-reactive ketones (excluding diaryl/α,β-unsaturated/α-hetero) is 1. The first-order chi connectivity index (χ1) is 17.9. The maximum absolute atomic E-state index is 14.0. The number of hydrogen-bond acceptors (Lipinski definition) is 10. The van der Waals surface area contributed by atoms with Crippen molar-refractivity contribution in [1.29, 1.82) is 0 Å². The Kier molecular flexibility index (Phi) is 9.87. The number of benzene rings is 3. The molecule has 0 fully saturated rings. The van der Waals surface area contributed by atoms with Crippen LogP contribution in [0.3, 0.4) is 0 Å². The normalized spacial score (nSPS) is 11.3. The standard InChI is InChI=1S/C27H24N2O7S.Na/c1-33-18-8-5-15(6-9-18)11-19(24(27(31)32)16-7-10-20-21(12-16)29-37-28-20)25(30)17-13-22(34-2)26(36-4)23(14-17)35-3;/h5-10,12-14H,11H2,1-4H3,(H,31,32);/q;+1/p-1. The summed E-state index contributed by atoms with van der Waals surface area (Å²) in [7, 11) is 5.87. The van der Waals surface area contributed by atoms with E-state index in [0.29, 0.717) is 28.1 Å². The second-order valence-corrected chi connectivity index (χ2v) is 8.41. The molecule has 190 valence electrons. The van der Waals surface area contributed by atoms with Gasteiger partial charge in [0.05, 0.1) is 46.1 Å². The van der Waals surface area contributed by atoms with E-state index >= 15 is 0 Å². The van der Waals surface area contributed by atoms with Gasteiger partial charge in [-0.1, -0.05) is 18.2 Å². The number of ketones is 1. The van der Waals surface area contributed by atoms with Crippen LogP contribution in [0.15, 0.2) is 60.2 Å². The third kappa shape index (κ3) is 5.99. The number of carbonyl (C=O) groups is 2. The van der Waals surface area contributed by atoms with Gasteiger partial charge in [0.25, 0.3) is 0 Å². The van der Waals surface area contributed by atoms with Crippen LogP contribution in [-0.4, -0.2) is 48.9 Å². The Hall–Kier alpha value is -3.44. The van der Waals surface area contributed by atoms with Gasteiger partial charge in [-0.05, 0) is 47.5 Å². The van der Waals surface area contributed by atoms with Gasteiger partial charge in [-0.2, -0.15) is 8.75 Å². The van der Waals surface area contributed by atoms with Crippen LogP contribution in [0.1, 0.15) is 21.5 Å². The Bertz CT molecular complexity index is 1470. The average Bonchev–Trinajstić information content (AvgIpc) is 3.39. The van der Waals surface area contributed by atoms with Gasteiger partial charge < -0.3 is 28.8 Å². The molecule has 0 aliphatic carbocycles. The molecule has 0 aliphatic rings. The van der Waals surface area contributed by atoms with Crippen LogP contribution in [-0.2, 0) is 11.2 Å². The van der Waals surface area contributed by atoms with Gasteiger partial charge >= 0.3 is 29.6 Å². The number of carboxylic acids is 1. The number of aromatic nitrogens is 2. The molecule has 9 nitrogen and oxygen atoms in total. The van der Waals surface area contributed by atoms with Gasteiger partial charge in [0.2, 0.25) is 5.75 Å². The summed E-state index contributed by atoms with van der Waals surface area (Å²) in [4.78, 5) is 26.5. The maximum atomic E-state index is 14.0. The van der Waals surface area contributed by atoms with Crippen molar-refractivity contribution in [3.8, 4) is 23.0 Å². The summed E-state index contributed by atoms with van der Waals surface area (Å²) in [6.45, 7) is 0. The average molecular weight is 543 g/mol. The molecule has 0 aliphatic heterocycles. The molecule has 3 aromatic carbocycles. The molecular weight excluding hydrogens is 519 g/mol. The summed E-state index contributed by atoms with van der Waals surface area (Å²) in [6, 6.07) is 14.8. The fourth-order valence-corrected chi connectivity index (χ4v) is 4.49. The molecule has 0 N–H and O–H groups in total. The van der Waals surface area contributed by atoms with Crippen molar-refractivity contribution in [2.24, 2.45) is 0 Å². The minimum absolute atomic E-state index is 0. The van der Waals surface area contributed by atoms with Crippen molar-refractivity contribution in [2.45, 2.75) is 6.42 Å². The molecular formula is C27H23N2NaO7S. The molecule has 4 rings (SSSR count). The van der Waals surface area contributed by atoms with Crippen molar-refractivity contribution in [3.63, 3.8) is 0 Å². The number of allylic oxidation sites excluding steroid dienone is 1. The first-order valence-corrected chi connectivity index (χ1v) is 11.8. The molecule has 0 unspecified atom stereocenters. The number of methoxy groups -OCH3 is 4. The molecule has 38 heavy (non-hydrogen) atoms. The van der Waals surface area contributed by atoms with Crippen LogP contribution in [0, 0.1) is 0 Å². The maximum Gasteiger partial charge on any atom is 1.00 e. The zero-order valence-corrected chi connectivity index (χ0v) is 24.4. The Balaban J connectivity index is 0.00000400. The van der Waals surface area contributed by atoms with E-state index in [1.165, 1.54) is 33.5 Å². The summed E-state index contributed by atoms with van der Waals surface area (Å²) < 4.78 is 29.7. The number of aliphatic carboxylic acids is 1. The van der Waals surface area contributed by atoms with E-state index in [4.69, 9.17) is 18.9 Å². The third-order valence-electron chi connectivity index (χ3n) is 5.79. The Morgan fingerprint density at radius 3 is 1.97 bits per heavy atom. The monoisotopic (exact) mass is 542 g/mol. The van der Waals surface area contributed by atoms with E-state index in [-0.39, 0.29) is 69.8 Å². The zero-order valence-electron chi connectivity index (χ0n) is 21.6. The summed E-state index contributed by atoms with van der Waals surface area (Å²) >= 11 is 1.01. The van der Waals surface area contributed by atoms with E-state index in [0.717, 1.165) is 11.7 Å². The number of ether oxygens (including phenoxy) is 4. The molecule has 0 saturated heterocycles. The topological polar surface area (TPSA) is 120 Å². The van der Waals surface area contributed by atoms with Crippen LogP contribution in [0.25, 0.3) is 16.6 Å². The second kappa shape index (κ2) is 12.9. The minimum Gasteiger partial charge on any atom is -0.545 e. The fraction of sp³-hybridized carbons (Fsp3) is 0.185. The zero-order chi connectivity index (χ0) is 26.5. The van der Waals surface area contributed by atoms with Gasteiger partial charge in [-0.15, -0.1) is 0 Å². The molecule has 4 aromatic rings. The molecule has 0 saturated carbocycles. The van der Waals surface area contributed by atoms with Gasteiger partial charge in [0, 0.05) is 23.1 Å². The first kappa shape index (κ1) is 29.1. The smallest absolute Gasteiger partial charge is 0.545 e. The molecule has 0 bridgehead atoms. The van der Waals surface area contributed by atoms with E-state index in [1.54, 1.807) is 49.6 Å². The summed E-state index contributed by atoms with van der Waals surface area (Å²) in [5, 5.41) is 12.5. The quantitative estimate of drug-likeness (QED) is 0.159. The van der Waals surface area contributed by atoms with Crippen LogP contribution >= 0.6 is 11.7 Å². The van der Waals surface area contributed by atoms with E-state index in [9.17, 15) is 14.7 Å². The van der Waals surface area contributed by atoms with Crippen LogP contribution in [0.2, 0.25) is 0 Å². The van der Waals surface area contributed by atoms with E-state index < -0.39 is 11.8 Å².